The number of rotatable bonds is 0. The minimum Gasteiger partial charge on any atom is -0.207 e. The summed E-state index contributed by atoms with van der Waals surface area (Å²) < 4.78 is 37.7. The molecule has 0 aromatic heterocycles. The number of hydrogen-bond acceptors (Lipinski definition) is 0. The molecular formula is C25H31F3. The molecular weight excluding hydrogens is 357 g/mol. The molecule has 0 bridgehead atoms. The van der Waals surface area contributed by atoms with Crippen LogP contribution in [0.5, 0.6) is 0 Å². The summed E-state index contributed by atoms with van der Waals surface area (Å²) >= 11 is 0. The molecule has 0 heterocycles. The van der Waals surface area contributed by atoms with Crippen LogP contribution in [0.15, 0.2) is 54.6 Å². The lowest BCUT2D eigenvalue weighted by Crippen LogP contribution is -1.81. The van der Waals surface area contributed by atoms with Crippen molar-refractivity contribution in [2.45, 2.75) is 49.0 Å². The molecule has 152 valence electrons. The predicted molar refractivity (Wildman–Crippen MR) is 114 cm³/mol. The summed E-state index contributed by atoms with van der Waals surface area (Å²) in [6, 6.07) is 15.7. The summed E-state index contributed by atoms with van der Waals surface area (Å²) in [5.74, 6) is -0.347. The maximum atomic E-state index is 12.6. The van der Waals surface area contributed by atoms with Crippen LogP contribution in [-0.2, 0) is 0 Å². The Morgan fingerprint density at radius 1 is 0.429 bits per heavy atom. The molecule has 0 atom stereocenters. The van der Waals surface area contributed by atoms with Crippen LogP contribution in [-0.4, -0.2) is 0 Å². The molecule has 3 aromatic rings. The summed E-state index contributed by atoms with van der Waals surface area (Å²) in [7, 11) is 0. The second kappa shape index (κ2) is 12.0. The zero-order valence-electron chi connectivity index (χ0n) is 16.8. The molecule has 0 saturated carbocycles. The van der Waals surface area contributed by atoms with Crippen LogP contribution in [0.25, 0.3) is 0 Å². The van der Waals surface area contributed by atoms with Crippen molar-refractivity contribution in [2.75, 3.05) is 0 Å². The van der Waals surface area contributed by atoms with Crippen molar-refractivity contribution in [1.82, 2.24) is 0 Å². The zero-order valence-corrected chi connectivity index (χ0v) is 16.8. The third-order valence-electron chi connectivity index (χ3n) is 3.98. The number of halogens is 3. The molecule has 0 radical (unpaired) electrons. The second-order valence-corrected chi connectivity index (χ2v) is 6.76. The van der Waals surface area contributed by atoms with E-state index in [0.717, 1.165) is 16.7 Å². The van der Waals surface area contributed by atoms with E-state index in [4.69, 9.17) is 0 Å². The van der Waals surface area contributed by atoms with Gasteiger partial charge in [-0.3, -0.25) is 0 Å². The van der Waals surface area contributed by atoms with Gasteiger partial charge in [-0.15, -0.1) is 0 Å². The van der Waals surface area contributed by atoms with Crippen molar-refractivity contribution < 1.29 is 13.2 Å². The van der Waals surface area contributed by atoms with Crippen LogP contribution in [0.4, 0.5) is 13.2 Å². The van der Waals surface area contributed by atoms with Crippen molar-refractivity contribution in [2.24, 2.45) is 0 Å². The van der Waals surface area contributed by atoms with E-state index in [0.29, 0.717) is 16.7 Å². The fourth-order valence-corrected chi connectivity index (χ4v) is 2.09. The lowest BCUT2D eigenvalue weighted by atomic mass is 10.2. The van der Waals surface area contributed by atoms with E-state index in [1.165, 1.54) is 18.2 Å². The Kier molecular flexibility index (Phi) is 10.9. The fraction of sp³-hybridized carbons (Fsp3) is 0.280. The van der Waals surface area contributed by atoms with Crippen LogP contribution in [0, 0.1) is 59.0 Å². The maximum Gasteiger partial charge on any atom is 0.126 e. The summed E-state index contributed by atoms with van der Waals surface area (Å²) in [4.78, 5) is 0. The molecule has 0 aliphatic carbocycles. The first-order valence-electron chi connectivity index (χ1n) is 8.78. The molecule has 0 aliphatic heterocycles. The van der Waals surface area contributed by atoms with Gasteiger partial charge in [-0.05, 0) is 93.1 Å². The first kappa shape index (κ1) is 25.5. The Labute approximate surface area is 168 Å². The predicted octanol–water partition coefficient (Wildman–Crippen LogP) is 7.96. The number of hydrogen-bond donors (Lipinski definition) is 0. The van der Waals surface area contributed by atoms with Crippen molar-refractivity contribution >= 4 is 0 Å². The first-order valence-corrected chi connectivity index (χ1v) is 8.78. The Bertz CT molecular complexity index is 765. The zero-order chi connectivity index (χ0) is 20.6. The van der Waals surface area contributed by atoms with Gasteiger partial charge < -0.3 is 0 Å². The number of aryl methyl sites for hydroxylation is 6. The van der Waals surface area contributed by atoms with E-state index in [2.05, 4.69) is 0 Å². The summed E-state index contributed by atoms with van der Waals surface area (Å²) in [6.07, 6.45) is 0. The largest absolute Gasteiger partial charge is 0.207 e. The van der Waals surface area contributed by atoms with Gasteiger partial charge in [0.1, 0.15) is 17.5 Å². The smallest absolute Gasteiger partial charge is 0.126 e. The van der Waals surface area contributed by atoms with Crippen molar-refractivity contribution in [3.8, 4) is 0 Å². The van der Waals surface area contributed by atoms with Crippen LogP contribution >= 0.6 is 0 Å². The average Bonchev–Trinajstić information content (AvgIpc) is 2.60. The van der Waals surface area contributed by atoms with Gasteiger partial charge >= 0.3 is 0 Å². The molecule has 0 fully saturated rings. The van der Waals surface area contributed by atoms with Gasteiger partial charge in [0.15, 0.2) is 0 Å². The molecule has 28 heavy (non-hydrogen) atoms. The van der Waals surface area contributed by atoms with Gasteiger partial charge in [-0.1, -0.05) is 43.8 Å². The monoisotopic (exact) mass is 388 g/mol. The van der Waals surface area contributed by atoms with Crippen molar-refractivity contribution in [3.05, 3.63) is 105 Å². The van der Waals surface area contributed by atoms with Crippen LogP contribution in [0.3, 0.4) is 0 Å². The first-order chi connectivity index (χ1) is 12.6. The van der Waals surface area contributed by atoms with Gasteiger partial charge in [0.05, 0.1) is 0 Å². The molecule has 0 amide bonds. The molecule has 3 heteroatoms. The standard InChI is InChI=1S/3C8H9F.CH4/c3*1-6-3-4-7(2)8(9)5-6;/h3*3-5H,1-2H3;1H4. The van der Waals surface area contributed by atoms with Crippen LogP contribution in [0.1, 0.15) is 40.8 Å². The average molecular weight is 389 g/mol. The molecule has 0 saturated heterocycles. The van der Waals surface area contributed by atoms with E-state index in [1.54, 1.807) is 39.0 Å². The summed E-state index contributed by atoms with van der Waals surface area (Å²) in [5, 5.41) is 0. The topological polar surface area (TPSA) is 0 Å². The molecule has 3 rings (SSSR count). The number of benzene rings is 3. The van der Waals surface area contributed by atoms with Gasteiger partial charge in [-0.25, -0.2) is 13.2 Å². The lowest BCUT2D eigenvalue weighted by molar-refractivity contribution is 0.617. The molecule has 0 aliphatic rings. The van der Waals surface area contributed by atoms with Crippen LogP contribution < -0.4 is 0 Å². The Morgan fingerprint density at radius 3 is 0.786 bits per heavy atom. The third-order valence-corrected chi connectivity index (χ3v) is 3.98. The molecule has 0 N–H and O–H groups in total. The Morgan fingerprint density at radius 2 is 0.643 bits per heavy atom. The molecule has 0 unspecified atom stereocenters. The van der Waals surface area contributed by atoms with Gasteiger partial charge in [-0.2, -0.15) is 0 Å². The summed E-state index contributed by atoms with van der Waals surface area (Å²) in [6.45, 7) is 10.9. The second-order valence-electron chi connectivity index (χ2n) is 6.76. The highest BCUT2D eigenvalue weighted by Gasteiger charge is 1.94. The fourth-order valence-electron chi connectivity index (χ4n) is 2.09. The highest BCUT2D eigenvalue weighted by atomic mass is 19.1. The van der Waals surface area contributed by atoms with E-state index < -0.39 is 0 Å². The summed E-state index contributed by atoms with van der Waals surface area (Å²) in [5.41, 5.74) is 5.04. The highest BCUT2D eigenvalue weighted by molar-refractivity contribution is 5.23. The lowest BCUT2D eigenvalue weighted by Gasteiger charge is -1.94. The van der Waals surface area contributed by atoms with E-state index >= 15 is 0 Å². The van der Waals surface area contributed by atoms with E-state index in [-0.39, 0.29) is 24.9 Å². The Hall–Kier alpha value is -2.55. The van der Waals surface area contributed by atoms with Crippen LogP contribution in [0.2, 0.25) is 0 Å². The third kappa shape index (κ3) is 8.90. The quantitative estimate of drug-likeness (QED) is 0.366. The molecule has 3 aromatic carbocycles. The minimum absolute atomic E-state index is 0. The SMILES string of the molecule is C.Cc1ccc(C)c(F)c1.Cc1ccc(C)c(F)c1.Cc1ccc(C)c(F)c1. The van der Waals surface area contributed by atoms with E-state index in [9.17, 15) is 13.2 Å². The van der Waals surface area contributed by atoms with Gasteiger partial charge in [0.25, 0.3) is 0 Å². The van der Waals surface area contributed by atoms with Crippen molar-refractivity contribution in [1.29, 1.82) is 0 Å². The van der Waals surface area contributed by atoms with Gasteiger partial charge in [0.2, 0.25) is 0 Å². The minimum atomic E-state index is -0.116. The highest BCUT2D eigenvalue weighted by Crippen LogP contribution is 2.08. The molecule has 0 spiro atoms. The Balaban J connectivity index is 0.000000384. The normalized spacial score (nSPS) is 9.32. The van der Waals surface area contributed by atoms with Crippen molar-refractivity contribution in [3.63, 3.8) is 0 Å². The van der Waals surface area contributed by atoms with Gasteiger partial charge in [0, 0.05) is 0 Å². The van der Waals surface area contributed by atoms with E-state index in [1.807, 2.05) is 39.0 Å². The maximum absolute atomic E-state index is 12.6. The molecule has 0 nitrogen and oxygen atoms in total.